The fraction of sp³-hybridized carbons (Fsp3) is 0. The second-order valence-electron chi connectivity index (χ2n) is 0.0791. The Morgan fingerprint density at radius 2 is 1.75 bits per heavy atom. The fourth-order valence-electron chi connectivity index (χ4n) is 0. The molecule has 0 aromatic heterocycles. The van der Waals surface area contributed by atoms with Crippen LogP contribution in [0.3, 0.4) is 0 Å². The molecule has 0 spiro atoms. The molecule has 0 aliphatic rings. The van der Waals surface area contributed by atoms with Crippen LogP contribution in [-0.2, 0) is 16.0 Å². The zero-order valence-corrected chi connectivity index (χ0v) is 2.40. The minimum absolute atomic E-state index is 0. The Morgan fingerprint density at radius 1 is 1.75 bits per heavy atom. The standard InChI is InChI=1S/CN.Fe.Ga.3H/c1-2;;;;;. The third-order valence-electron chi connectivity index (χ3n) is 0. The van der Waals surface area contributed by atoms with Crippen LogP contribution in [0.25, 0.3) is 0 Å². The van der Waals surface area contributed by atoms with Crippen molar-refractivity contribution in [3.05, 3.63) is 0 Å². The van der Waals surface area contributed by atoms with Crippen molar-refractivity contribution < 1.29 is 16.0 Å². The molecule has 0 aromatic carbocycles. The van der Waals surface area contributed by atoms with E-state index in [0.717, 1.165) is 0 Å². The first-order valence-electron chi connectivity index (χ1n) is 0.400. The average molecular weight is 155 g/mol. The van der Waals surface area contributed by atoms with Crippen molar-refractivity contribution in [2.75, 3.05) is 0 Å². The Kier molecular flexibility index (Phi) is 20.8. The van der Waals surface area contributed by atoms with Gasteiger partial charge in [0.15, 0.2) is 0 Å². The molecule has 4 heavy (non-hydrogen) atoms. The van der Waals surface area contributed by atoms with Crippen LogP contribution >= 0.6 is 0 Å². The van der Waals surface area contributed by atoms with Crippen LogP contribution in [0.2, 0.25) is 0 Å². The van der Waals surface area contributed by atoms with Gasteiger partial charge in [-0.2, -0.15) is 0 Å². The molecule has 0 bridgehead atoms. The van der Waals surface area contributed by atoms with Gasteiger partial charge in [-0.3, -0.25) is 0 Å². The Hall–Kier alpha value is 0.646. The zero-order chi connectivity index (χ0) is 2.71. The van der Waals surface area contributed by atoms with Crippen molar-refractivity contribution in [1.82, 2.24) is 0 Å². The van der Waals surface area contributed by atoms with Gasteiger partial charge in [-0.15, -0.1) is 0 Å². The summed E-state index contributed by atoms with van der Waals surface area (Å²) in [5.74, 6) is 0. The first-order valence-corrected chi connectivity index (χ1v) is 0.952. The van der Waals surface area contributed by atoms with E-state index < -0.39 is 0 Å². The molecule has 0 N–H and O–H groups in total. The van der Waals surface area contributed by atoms with E-state index in [2.05, 4.69) is 16.0 Å². The number of nitriles is 1. The van der Waals surface area contributed by atoms with Crippen LogP contribution in [0.1, 0.15) is 0 Å². The third kappa shape index (κ3) is 17.2. The van der Waals surface area contributed by atoms with Crippen LogP contribution < -0.4 is 0 Å². The quantitative estimate of drug-likeness (QED) is 0.404. The van der Waals surface area contributed by atoms with E-state index in [4.69, 9.17) is 5.26 Å². The molecule has 3 heteroatoms. The third-order valence-corrected chi connectivity index (χ3v) is 0. The van der Waals surface area contributed by atoms with Crippen LogP contribution in [0, 0.1) is 10.2 Å². The molecule has 0 atom stereocenters. The van der Waals surface area contributed by atoms with Crippen molar-refractivity contribution in [2.45, 2.75) is 0 Å². The van der Waals surface area contributed by atoms with Crippen molar-refractivity contribution in [3.63, 3.8) is 0 Å². The van der Waals surface area contributed by atoms with Crippen LogP contribution in [-0.4, -0.2) is 19.8 Å². The number of hydrogen-bond acceptors (Lipinski definition) is 1. The van der Waals surface area contributed by atoms with Gasteiger partial charge in [0.25, 0.3) is 0 Å². The van der Waals surface area contributed by atoms with Gasteiger partial charge in [-0.1, -0.05) is 0 Å². The predicted molar refractivity (Wildman–Crippen MR) is 15.6 cm³/mol. The summed E-state index contributed by atoms with van der Waals surface area (Å²) < 4.78 is 0. The van der Waals surface area contributed by atoms with Gasteiger partial charge in [-0.05, 0) is 0 Å². The SMILES string of the molecule is N#[C][Fe].[GaH3]. The Morgan fingerprint density at radius 3 is 1.75 bits per heavy atom. The second-order valence-corrected chi connectivity index (χ2v) is 0.326. The van der Waals surface area contributed by atoms with E-state index >= 15 is 0 Å². The average Bonchev–Trinajstić information content (AvgIpc) is 0.918. The molecule has 0 saturated carbocycles. The second kappa shape index (κ2) is 9.42. The number of rotatable bonds is 0. The van der Waals surface area contributed by atoms with E-state index in [0.29, 0.717) is 0 Å². The molecule has 0 aromatic rings. The molecule has 0 fully saturated rings. The molecule has 0 heterocycles. The van der Waals surface area contributed by atoms with Gasteiger partial charge in [0.05, 0.1) is 0 Å². The van der Waals surface area contributed by atoms with Crippen molar-refractivity contribution >= 4 is 19.8 Å². The Bertz CT molecular complexity index is 29.5. The van der Waals surface area contributed by atoms with Gasteiger partial charge in [0.2, 0.25) is 0 Å². The normalized spacial score (nSPS) is 2.00. The molecule has 0 aliphatic heterocycles. The molecule has 23 valence electrons. The molecule has 0 rings (SSSR count). The van der Waals surface area contributed by atoms with E-state index in [1.165, 1.54) is 4.97 Å². The van der Waals surface area contributed by atoms with Crippen LogP contribution in [0.4, 0.5) is 0 Å². The van der Waals surface area contributed by atoms with Gasteiger partial charge in [0.1, 0.15) is 0 Å². The van der Waals surface area contributed by atoms with Gasteiger partial charge in [-0.25, -0.2) is 0 Å². The molecule has 0 unspecified atom stereocenters. The maximum atomic E-state index is 7.21. The summed E-state index contributed by atoms with van der Waals surface area (Å²) in [7, 11) is 0. The van der Waals surface area contributed by atoms with Gasteiger partial charge in [0, 0.05) is 0 Å². The molecular weight excluding hydrogens is 152 g/mol. The monoisotopic (exact) mass is 154 g/mol. The molecule has 0 radical (unpaired) electrons. The topological polar surface area (TPSA) is 23.8 Å². The number of nitrogens with zero attached hydrogens (tertiary/aromatic N) is 1. The first-order chi connectivity index (χ1) is 1.41. The zero-order valence-electron chi connectivity index (χ0n) is 1.30. The first kappa shape index (κ1) is 8.82. The maximum absolute atomic E-state index is 7.21. The Balaban J connectivity index is 0. The van der Waals surface area contributed by atoms with E-state index in [1.807, 2.05) is 0 Å². The molecule has 1 nitrogen and oxygen atoms in total. The summed E-state index contributed by atoms with van der Waals surface area (Å²) in [6.07, 6.45) is 0. The van der Waals surface area contributed by atoms with E-state index in [1.54, 1.807) is 0 Å². The molecule has 0 saturated heterocycles. The van der Waals surface area contributed by atoms with Gasteiger partial charge < -0.3 is 0 Å². The summed E-state index contributed by atoms with van der Waals surface area (Å²) in [5, 5.41) is 7.21. The summed E-state index contributed by atoms with van der Waals surface area (Å²) in [6, 6.07) is 0. The summed E-state index contributed by atoms with van der Waals surface area (Å²) in [4.78, 5) is 1.50. The summed E-state index contributed by atoms with van der Waals surface area (Å²) in [6.45, 7) is 0. The minimum atomic E-state index is 0. The van der Waals surface area contributed by atoms with E-state index in [9.17, 15) is 0 Å². The van der Waals surface area contributed by atoms with Crippen LogP contribution in [0.5, 0.6) is 0 Å². The van der Waals surface area contributed by atoms with E-state index in [-0.39, 0.29) is 19.8 Å². The Labute approximate surface area is 46.2 Å². The van der Waals surface area contributed by atoms with Crippen LogP contribution in [0.15, 0.2) is 0 Å². The molecule has 0 amide bonds. The van der Waals surface area contributed by atoms with Crippen molar-refractivity contribution in [2.24, 2.45) is 0 Å². The summed E-state index contributed by atoms with van der Waals surface area (Å²) in [5.41, 5.74) is 0. The van der Waals surface area contributed by atoms with Crippen molar-refractivity contribution in [1.29, 1.82) is 5.26 Å². The molecular formula is CH3FeGaN. The predicted octanol–water partition coefficient (Wildman–Crippen LogP) is -1.17. The number of hydrogen-bond donors (Lipinski definition) is 0. The molecule has 0 aliphatic carbocycles. The van der Waals surface area contributed by atoms with Gasteiger partial charge >= 0.3 is 46.0 Å². The summed E-state index contributed by atoms with van der Waals surface area (Å²) >= 11 is 2.79. The van der Waals surface area contributed by atoms with Crippen molar-refractivity contribution in [3.8, 4) is 4.97 Å². The fourth-order valence-corrected chi connectivity index (χ4v) is 0.